The van der Waals surface area contributed by atoms with Gasteiger partial charge in [0, 0.05) is 11.2 Å². The van der Waals surface area contributed by atoms with Crippen molar-refractivity contribution in [2.24, 2.45) is 5.92 Å². The number of carbonyl (C=O) groups is 1. The van der Waals surface area contributed by atoms with Crippen LogP contribution in [0.15, 0.2) is 12.7 Å². The van der Waals surface area contributed by atoms with Gasteiger partial charge < -0.3 is 4.79 Å². The summed E-state index contributed by atoms with van der Waals surface area (Å²) >= 11 is 3.32. The van der Waals surface area contributed by atoms with Gasteiger partial charge in [-0.05, 0) is 19.3 Å². The van der Waals surface area contributed by atoms with Crippen molar-refractivity contribution < 1.29 is 4.79 Å². The number of aldehydes is 1. The monoisotopic (exact) mass is 204 g/mol. The van der Waals surface area contributed by atoms with Crippen molar-refractivity contribution in [3.05, 3.63) is 12.7 Å². The molecule has 0 rings (SSSR count). The maximum atomic E-state index is 10.3. The van der Waals surface area contributed by atoms with Crippen LogP contribution in [-0.2, 0) is 4.79 Å². The summed E-state index contributed by atoms with van der Waals surface area (Å²) in [4.78, 5) is 10.3. The molecule has 10 heavy (non-hydrogen) atoms. The average Bonchev–Trinajstić information content (AvgIpc) is 1.98. The smallest absolute Gasteiger partial charge is 0.123 e. The van der Waals surface area contributed by atoms with Crippen molar-refractivity contribution in [1.29, 1.82) is 0 Å². The predicted octanol–water partition coefficient (Wildman–Crippen LogP) is 2.55. The molecule has 0 aliphatic carbocycles. The van der Waals surface area contributed by atoms with Crippen molar-refractivity contribution in [3.8, 4) is 0 Å². The fraction of sp³-hybridized carbons (Fsp3) is 0.625. The van der Waals surface area contributed by atoms with Crippen molar-refractivity contribution >= 4 is 22.2 Å². The Hall–Kier alpha value is -0.110. The highest BCUT2D eigenvalue weighted by atomic mass is 79.9. The number of alkyl halides is 1. The standard InChI is InChI=1S/C8H13BrO/c1-2-4-8(7-10)5-3-6-9/h2,7-8H,1,3-6H2/t8-/m0/s1. The third-order valence-electron chi connectivity index (χ3n) is 1.37. The summed E-state index contributed by atoms with van der Waals surface area (Å²) in [6.45, 7) is 3.59. The van der Waals surface area contributed by atoms with Gasteiger partial charge in [-0.2, -0.15) is 0 Å². The molecule has 58 valence electrons. The number of hydrogen-bond donors (Lipinski definition) is 0. The quantitative estimate of drug-likeness (QED) is 0.370. The molecule has 0 aromatic rings. The van der Waals surface area contributed by atoms with Gasteiger partial charge in [-0.25, -0.2) is 0 Å². The minimum Gasteiger partial charge on any atom is -0.303 e. The third-order valence-corrected chi connectivity index (χ3v) is 1.93. The summed E-state index contributed by atoms with van der Waals surface area (Å²) in [5.74, 6) is 0.190. The van der Waals surface area contributed by atoms with E-state index in [-0.39, 0.29) is 5.92 Å². The predicted molar refractivity (Wildman–Crippen MR) is 47.4 cm³/mol. The number of halogens is 1. The van der Waals surface area contributed by atoms with Gasteiger partial charge in [-0.15, -0.1) is 6.58 Å². The van der Waals surface area contributed by atoms with Gasteiger partial charge in [0.25, 0.3) is 0 Å². The first-order valence-electron chi connectivity index (χ1n) is 3.47. The molecule has 0 saturated carbocycles. The van der Waals surface area contributed by atoms with Gasteiger partial charge >= 0.3 is 0 Å². The number of carbonyl (C=O) groups excluding carboxylic acids is 1. The summed E-state index contributed by atoms with van der Waals surface area (Å²) < 4.78 is 0. The van der Waals surface area contributed by atoms with Crippen LogP contribution in [0.3, 0.4) is 0 Å². The molecule has 0 saturated heterocycles. The molecule has 1 atom stereocenters. The van der Waals surface area contributed by atoms with Gasteiger partial charge in [-0.3, -0.25) is 0 Å². The van der Waals surface area contributed by atoms with Crippen LogP contribution in [0.1, 0.15) is 19.3 Å². The normalized spacial score (nSPS) is 12.5. The SMILES string of the molecule is C=CC[C@H](C=O)CCCBr. The van der Waals surface area contributed by atoms with Gasteiger partial charge in [0.2, 0.25) is 0 Å². The van der Waals surface area contributed by atoms with Crippen LogP contribution in [-0.4, -0.2) is 11.6 Å². The molecule has 0 N–H and O–H groups in total. The van der Waals surface area contributed by atoms with Gasteiger partial charge in [-0.1, -0.05) is 22.0 Å². The fourth-order valence-corrected chi connectivity index (χ4v) is 1.12. The molecule has 1 nitrogen and oxygen atoms in total. The zero-order valence-corrected chi connectivity index (χ0v) is 7.64. The van der Waals surface area contributed by atoms with E-state index in [1.54, 1.807) is 6.08 Å². The molecule has 0 aliphatic heterocycles. The Labute approximate surface area is 70.6 Å². The average molecular weight is 205 g/mol. The first-order chi connectivity index (χ1) is 4.85. The van der Waals surface area contributed by atoms with Crippen molar-refractivity contribution in [3.63, 3.8) is 0 Å². The van der Waals surface area contributed by atoms with Gasteiger partial charge in [0.15, 0.2) is 0 Å². The summed E-state index contributed by atoms with van der Waals surface area (Å²) in [5.41, 5.74) is 0. The lowest BCUT2D eigenvalue weighted by Gasteiger charge is -2.03. The molecule has 0 heterocycles. The van der Waals surface area contributed by atoms with E-state index in [1.807, 2.05) is 0 Å². The van der Waals surface area contributed by atoms with Gasteiger partial charge in [0.05, 0.1) is 0 Å². The topological polar surface area (TPSA) is 17.1 Å². The molecule has 0 aromatic heterocycles. The van der Waals surface area contributed by atoms with Crippen LogP contribution in [0, 0.1) is 5.92 Å². The minimum absolute atomic E-state index is 0.190. The molecule has 0 unspecified atom stereocenters. The highest BCUT2D eigenvalue weighted by molar-refractivity contribution is 9.09. The molecule has 0 aromatic carbocycles. The Morgan fingerprint density at radius 2 is 2.30 bits per heavy atom. The fourth-order valence-electron chi connectivity index (χ4n) is 0.795. The molecule has 0 fully saturated rings. The Morgan fingerprint density at radius 3 is 2.70 bits per heavy atom. The molecular formula is C8H13BrO. The van der Waals surface area contributed by atoms with Crippen LogP contribution in [0.5, 0.6) is 0 Å². The first kappa shape index (κ1) is 9.89. The Bertz CT molecular complexity index is 101. The van der Waals surface area contributed by atoms with Crippen molar-refractivity contribution in [2.45, 2.75) is 19.3 Å². The minimum atomic E-state index is 0.190. The first-order valence-corrected chi connectivity index (χ1v) is 4.59. The van der Waals surface area contributed by atoms with E-state index in [0.29, 0.717) is 0 Å². The largest absolute Gasteiger partial charge is 0.303 e. The van der Waals surface area contributed by atoms with E-state index in [2.05, 4.69) is 22.5 Å². The number of rotatable bonds is 6. The Balaban J connectivity index is 3.38. The van der Waals surface area contributed by atoms with E-state index in [4.69, 9.17) is 0 Å². The van der Waals surface area contributed by atoms with Crippen LogP contribution >= 0.6 is 15.9 Å². The number of allylic oxidation sites excluding steroid dienone is 1. The molecule has 0 amide bonds. The maximum absolute atomic E-state index is 10.3. The summed E-state index contributed by atoms with van der Waals surface area (Å²) in [6, 6.07) is 0. The van der Waals surface area contributed by atoms with Crippen molar-refractivity contribution in [2.75, 3.05) is 5.33 Å². The molecule has 0 aliphatic rings. The van der Waals surface area contributed by atoms with E-state index < -0.39 is 0 Å². The summed E-state index contributed by atoms with van der Waals surface area (Å²) in [5, 5.41) is 0.981. The molecule has 0 bridgehead atoms. The second-order valence-corrected chi connectivity index (χ2v) is 3.04. The number of hydrogen-bond acceptors (Lipinski definition) is 1. The van der Waals surface area contributed by atoms with E-state index in [0.717, 1.165) is 30.9 Å². The van der Waals surface area contributed by atoms with Crippen LogP contribution in [0.2, 0.25) is 0 Å². The lowest BCUT2D eigenvalue weighted by atomic mass is 10.0. The lowest BCUT2D eigenvalue weighted by molar-refractivity contribution is -0.111. The zero-order chi connectivity index (χ0) is 7.82. The Kier molecular flexibility index (Phi) is 6.93. The Morgan fingerprint density at radius 1 is 1.60 bits per heavy atom. The molecular weight excluding hydrogens is 192 g/mol. The molecule has 2 heteroatoms. The second-order valence-electron chi connectivity index (χ2n) is 2.25. The van der Waals surface area contributed by atoms with Crippen LogP contribution in [0.4, 0.5) is 0 Å². The van der Waals surface area contributed by atoms with E-state index in [9.17, 15) is 4.79 Å². The second kappa shape index (κ2) is 7.00. The van der Waals surface area contributed by atoms with E-state index >= 15 is 0 Å². The summed E-state index contributed by atoms with van der Waals surface area (Å²) in [6.07, 6.45) is 5.67. The van der Waals surface area contributed by atoms with Crippen molar-refractivity contribution in [1.82, 2.24) is 0 Å². The van der Waals surface area contributed by atoms with Crippen LogP contribution in [0.25, 0.3) is 0 Å². The summed E-state index contributed by atoms with van der Waals surface area (Å²) in [7, 11) is 0. The van der Waals surface area contributed by atoms with Gasteiger partial charge in [0.1, 0.15) is 6.29 Å². The highest BCUT2D eigenvalue weighted by Crippen LogP contribution is 2.09. The maximum Gasteiger partial charge on any atom is 0.123 e. The van der Waals surface area contributed by atoms with E-state index in [1.165, 1.54) is 0 Å². The molecule has 0 spiro atoms. The molecule has 0 radical (unpaired) electrons. The lowest BCUT2D eigenvalue weighted by Crippen LogP contribution is -2.00. The van der Waals surface area contributed by atoms with Crippen LogP contribution < -0.4 is 0 Å². The third kappa shape index (κ3) is 4.74. The highest BCUT2D eigenvalue weighted by Gasteiger charge is 2.02. The zero-order valence-electron chi connectivity index (χ0n) is 6.05.